The van der Waals surface area contributed by atoms with Crippen molar-refractivity contribution in [3.63, 3.8) is 0 Å². The number of β-amino-alcohol motifs (C(OH)–C–C–N with tert-alkyl or cyclic N) is 1. The molecule has 1 heterocycles. The van der Waals surface area contributed by atoms with E-state index in [2.05, 4.69) is 0 Å². The van der Waals surface area contributed by atoms with Gasteiger partial charge in [-0.3, -0.25) is 4.79 Å². The van der Waals surface area contributed by atoms with Gasteiger partial charge in [0.05, 0.1) is 12.7 Å². The molecule has 76 valence electrons. The van der Waals surface area contributed by atoms with Crippen LogP contribution >= 0.6 is 0 Å². The van der Waals surface area contributed by atoms with Gasteiger partial charge in [0, 0.05) is 19.5 Å². The van der Waals surface area contributed by atoms with Crippen LogP contribution in [-0.2, 0) is 4.79 Å². The zero-order valence-electron chi connectivity index (χ0n) is 7.52. The van der Waals surface area contributed by atoms with Crippen molar-refractivity contribution in [2.24, 2.45) is 11.7 Å². The molecule has 1 aliphatic heterocycles. The summed E-state index contributed by atoms with van der Waals surface area (Å²) < 4.78 is 0. The van der Waals surface area contributed by atoms with Gasteiger partial charge in [-0.25, -0.2) is 0 Å². The summed E-state index contributed by atoms with van der Waals surface area (Å²) >= 11 is 0. The molecule has 0 radical (unpaired) electrons. The first kappa shape index (κ1) is 10.4. The molecule has 0 aromatic carbocycles. The predicted octanol–water partition coefficient (Wildman–Crippen LogP) is -1.85. The highest BCUT2D eigenvalue weighted by atomic mass is 16.3. The van der Waals surface area contributed by atoms with Crippen LogP contribution in [0.5, 0.6) is 0 Å². The Bertz CT molecular complexity index is 186. The molecule has 1 saturated heterocycles. The van der Waals surface area contributed by atoms with Crippen LogP contribution in [-0.4, -0.2) is 53.4 Å². The fourth-order valence-electron chi connectivity index (χ4n) is 1.50. The fourth-order valence-corrected chi connectivity index (χ4v) is 1.50. The third-order valence-electron chi connectivity index (χ3n) is 2.27. The molecule has 2 atom stereocenters. The molecule has 2 unspecified atom stereocenters. The number of carbonyl (C=O) groups excluding carboxylic acids is 1. The second-order valence-corrected chi connectivity index (χ2v) is 3.44. The zero-order valence-corrected chi connectivity index (χ0v) is 7.52. The Labute approximate surface area is 77.1 Å². The topological polar surface area (TPSA) is 86.8 Å². The van der Waals surface area contributed by atoms with E-state index in [-0.39, 0.29) is 25.0 Å². The summed E-state index contributed by atoms with van der Waals surface area (Å²) in [6.45, 7) is 1.01. The van der Waals surface area contributed by atoms with Crippen LogP contribution in [0.2, 0.25) is 0 Å². The van der Waals surface area contributed by atoms with Gasteiger partial charge in [-0.1, -0.05) is 0 Å². The second kappa shape index (κ2) is 4.55. The lowest BCUT2D eigenvalue weighted by molar-refractivity contribution is -0.129. The van der Waals surface area contributed by atoms with Crippen LogP contribution in [0.4, 0.5) is 0 Å². The summed E-state index contributed by atoms with van der Waals surface area (Å²) in [6, 6.07) is 0. The minimum Gasteiger partial charge on any atom is -0.394 e. The molecule has 0 bridgehead atoms. The van der Waals surface area contributed by atoms with Gasteiger partial charge in [0.25, 0.3) is 0 Å². The number of hydrogen-bond donors (Lipinski definition) is 3. The third kappa shape index (κ3) is 2.65. The number of carbonyl (C=O) groups is 1. The summed E-state index contributed by atoms with van der Waals surface area (Å²) in [4.78, 5) is 12.8. The number of rotatable bonds is 4. The molecule has 0 spiro atoms. The van der Waals surface area contributed by atoms with Gasteiger partial charge in [-0.05, 0) is 12.5 Å². The molecule has 1 aliphatic rings. The summed E-state index contributed by atoms with van der Waals surface area (Å²) in [5.74, 6) is 0.223. The van der Waals surface area contributed by atoms with E-state index < -0.39 is 6.10 Å². The first-order chi connectivity index (χ1) is 6.17. The van der Waals surface area contributed by atoms with Crippen LogP contribution in [0.1, 0.15) is 6.42 Å². The van der Waals surface area contributed by atoms with Crippen LogP contribution in [0.15, 0.2) is 0 Å². The maximum Gasteiger partial charge on any atom is 0.223 e. The average molecular weight is 188 g/mol. The Morgan fingerprint density at radius 2 is 2.38 bits per heavy atom. The second-order valence-electron chi connectivity index (χ2n) is 3.44. The van der Waals surface area contributed by atoms with Crippen LogP contribution in [0, 0.1) is 5.92 Å². The van der Waals surface area contributed by atoms with Crippen molar-refractivity contribution < 1.29 is 15.0 Å². The molecule has 0 aromatic heterocycles. The van der Waals surface area contributed by atoms with Crippen molar-refractivity contribution in [2.75, 3.05) is 26.2 Å². The van der Waals surface area contributed by atoms with Crippen molar-refractivity contribution in [1.82, 2.24) is 4.90 Å². The zero-order chi connectivity index (χ0) is 9.84. The van der Waals surface area contributed by atoms with Gasteiger partial charge in [0.15, 0.2) is 0 Å². The molecule has 0 aliphatic carbocycles. The molecule has 0 saturated carbocycles. The maximum atomic E-state index is 11.3. The molecule has 1 fully saturated rings. The van der Waals surface area contributed by atoms with E-state index in [0.717, 1.165) is 0 Å². The first-order valence-corrected chi connectivity index (χ1v) is 4.44. The normalized spacial score (nSPS) is 25.3. The number of hydrogen-bond acceptors (Lipinski definition) is 4. The summed E-state index contributed by atoms with van der Waals surface area (Å²) in [6.07, 6.45) is -0.366. The Hall–Kier alpha value is -0.650. The number of nitrogens with zero attached hydrogens (tertiary/aromatic N) is 1. The molecule has 4 N–H and O–H groups in total. The minimum absolute atomic E-state index is 0.0166. The Morgan fingerprint density at radius 3 is 2.85 bits per heavy atom. The lowest BCUT2D eigenvalue weighted by Crippen LogP contribution is -2.35. The lowest BCUT2D eigenvalue weighted by atomic mass is 10.1. The largest absolute Gasteiger partial charge is 0.394 e. The molecule has 1 amide bonds. The Kier molecular flexibility index (Phi) is 3.65. The monoisotopic (exact) mass is 188 g/mol. The maximum absolute atomic E-state index is 11.3. The average Bonchev–Trinajstić information content (AvgIpc) is 2.47. The van der Waals surface area contributed by atoms with E-state index in [4.69, 9.17) is 15.9 Å². The van der Waals surface area contributed by atoms with Crippen molar-refractivity contribution in [1.29, 1.82) is 0 Å². The number of amides is 1. The third-order valence-corrected chi connectivity index (χ3v) is 2.27. The van der Waals surface area contributed by atoms with Crippen molar-refractivity contribution in [3.8, 4) is 0 Å². The highest BCUT2D eigenvalue weighted by Crippen LogP contribution is 2.16. The highest BCUT2D eigenvalue weighted by molar-refractivity contribution is 5.78. The van der Waals surface area contributed by atoms with Crippen LogP contribution in [0.25, 0.3) is 0 Å². The van der Waals surface area contributed by atoms with E-state index in [9.17, 15) is 4.79 Å². The summed E-state index contributed by atoms with van der Waals surface area (Å²) in [7, 11) is 0. The van der Waals surface area contributed by atoms with E-state index in [0.29, 0.717) is 19.5 Å². The van der Waals surface area contributed by atoms with Crippen LogP contribution < -0.4 is 5.73 Å². The fraction of sp³-hybridized carbons (Fsp3) is 0.875. The minimum atomic E-state index is -0.833. The first-order valence-electron chi connectivity index (χ1n) is 4.44. The lowest BCUT2D eigenvalue weighted by Gasteiger charge is -2.18. The van der Waals surface area contributed by atoms with Gasteiger partial charge in [0.2, 0.25) is 5.91 Å². The molecular weight excluding hydrogens is 172 g/mol. The van der Waals surface area contributed by atoms with E-state index in [1.54, 1.807) is 4.90 Å². The van der Waals surface area contributed by atoms with Gasteiger partial charge < -0.3 is 20.8 Å². The standard InChI is InChI=1S/C8H16N2O3/c9-2-6-1-8(13)10(3-6)4-7(12)5-11/h6-7,11-12H,1-5,9H2. The molecule has 0 aromatic rings. The smallest absolute Gasteiger partial charge is 0.223 e. The van der Waals surface area contributed by atoms with Crippen molar-refractivity contribution >= 4 is 5.91 Å². The molecule has 5 nitrogen and oxygen atoms in total. The molecule has 1 rings (SSSR count). The number of likely N-dealkylation sites (tertiary alicyclic amines) is 1. The van der Waals surface area contributed by atoms with Gasteiger partial charge in [-0.2, -0.15) is 0 Å². The molecule has 13 heavy (non-hydrogen) atoms. The SMILES string of the molecule is NCC1CC(=O)N(CC(O)CO)C1. The van der Waals surface area contributed by atoms with Gasteiger partial charge in [0.1, 0.15) is 0 Å². The molecular formula is C8H16N2O3. The molecule has 5 heteroatoms. The number of nitrogens with two attached hydrogens (primary N) is 1. The van der Waals surface area contributed by atoms with Crippen LogP contribution in [0.3, 0.4) is 0 Å². The summed E-state index contributed by atoms with van der Waals surface area (Å²) in [5.41, 5.74) is 5.43. The Balaban J connectivity index is 2.39. The van der Waals surface area contributed by atoms with Crippen molar-refractivity contribution in [3.05, 3.63) is 0 Å². The van der Waals surface area contributed by atoms with E-state index >= 15 is 0 Å². The summed E-state index contributed by atoms with van der Waals surface area (Å²) in [5, 5.41) is 17.7. The van der Waals surface area contributed by atoms with Crippen molar-refractivity contribution in [2.45, 2.75) is 12.5 Å². The van der Waals surface area contributed by atoms with Gasteiger partial charge >= 0.3 is 0 Å². The number of aliphatic hydroxyl groups is 2. The quantitative estimate of drug-likeness (QED) is 0.483. The predicted molar refractivity (Wildman–Crippen MR) is 46.8 cm³/mol. The van der Waals surface area contributed by atoms with E-state index in [1.807, 2.05) is 0 Å². The van der Waals surface area contributed by atoms with Gasteiger partial charge in [-0.15, -0.1) is 0 Å². The highest BCUT2D eigenvalue weighted by Gasteiger charge is 2.29. The Morgan fingerprint density at radius 1 is 1.69 bits per heavy atom. The van der Waals surface area contributed by atoms with E-state index in [1.165, 1.54) is 0 Å². The number of aliphatic hydroxyl groups excluding tert-OH is 2.